The Morgan fingerprint density at radius 2 is 2.15 bits per heavy atom. The molecule has 1 aromatic carbocycles. The zero-order chi connectivity index (χ0) is 14.5. The molecular weight excluding hydrogens is 259 g/mol. The van der Waals surface area contributed by atoms with Crippen LogP contribution in [0, 0.1) is 11.7 Å². The zero-order valence-electron chi connectivity index (χ0n) is 11.5. The van der Waals surface area contributed by atoms with Gasteiger partial charge < -0.3 is 10.8 Å². The Balaban J connectivity index is 1.87. The molecule has 1 aliphatic rings. The van der Waals surface area contributed by atoms with Crippen LogP contribution in [0.25, 0.3) is 0 Å². The smallest absolute Gasteiger partial charge is 0.320 e. The second kappa shape index (κ2) is 6.81. The zero-order valence-corrected chi connectivity index (χ0v) is 11.5. The van der Waals surface area contributed by atoms with Crippen molar-refractivity contribution in [1.82, 2.24) is 4.90 Å². The maximum absolute atomic E-state index is 12.9. The fourth-order valence-corrected chi connectivity index (χ4v) is 2.80. The van der Waals surface area contributed by atoms with Crippen LogP contribution in [-0.4, -0.2) is 35.1 Å². The van der Waals surface area contributed by atoms with Crippen molar-refractivity contribution in [2.45, 2.75) is 31.8 Å². The van der Waals surface area contributed by atoms with E-state index in [1.165, 1.54) is 12.1 Å². The van der Waals surface area contributed by atoms with Gasteiger partial charge in [-0.25, -0.2) is 4.39 Å². The predicted octanol–water partition coefficient (Wildman–Crippen LogP) is 1.84. The quantitative estimate of drug-likeness (QED) is 0.863. The lowest BCUT2D eigenvalue weighted by Crippen LogP contribution is -2.39. The third kappa shape index (κ3) is 4.28. The molecule has 4 nitrogen and oxygen atoms in total. The number of benzene rings is 1. The van der Waals surface area contributed by atoms with Crippen molar-refractivity contribution in [2.75, 3.05) is 13.1 Å². The normalized spacial score (nSPS) is 21.6. The van der Waals surface area contributed by atoms with Crippen LogP contribution in [0.4, 0.5) is 4.39 Å². The van der Waals surface area contributed by atoms with Crippen LogP contribution in [0.2, 0.25) is 0 Å². The lowest BCUT2D eigenvalue weighted by atomic mass is 9.91. The molecule has 2 atom stereocenters. The Bertz CT molecular complexity index is 450. The summed E-state index contributed by atoms with van der Waals surface area (Å²) in [7, 11) is 0. The number of piperidine rings is 1. The molecule has 0 bridgehead atoms. The molecule has 2 unspecified atom stereocenters. The SMILES string of the molecule is NC(CC1CCCN(Cc2ccc(F)cc2)C1)C(=O)O. The number of nitrogens with two attached hydrogens (primary N) is 1. The first-order chi connectivity index (χ1) is 9.54. The summed E-state index contributed by atoms with van der Waals surface area (Å²) in [5, 5.41) is 8.87. The number of carboxylic acid groups (broad SMARTS) is 1. The van der Waals surface area contributed by atoms with Gasteiger partial charge in [0.05, 0.1) is 0 Å². The lowest BCUT2D eigenvalue weighted by Gasteiger charge is -2.33. The van der Waals surface area contributed by atoms with Crippen molar-refractivity contribution < 1.29 is 14.3 Å². The van der Waals surface area contributed by atoms with Crippen molar-refractivity contribution in [3.05, 3.63) is 35.6 Å². The van der Waals surface area contributed by atoms with E-state index < -0.39 is 12.0 Å². The lowest BCUT2D eigenvalue weighted by molar-refractivity contribution is -0.139. The van der Waals surface area contributed by atoms with E-state index in [0.717, 1.165) is 38.0 Å². The topological polar surface area (TPSA) is 66.6 Å². The van der Waals surface area contributed by atoms with E-state index in [0.29, 0.717) is 12.3 Å². The highest BCUT2D eigenvalue weighted by Crippen LogP contribution is 2.22. The highest BCUT2D eigenvalue weighted by Gasteiger charge is 2.24. The Hall–Kier alpha value is -1.46. The fraction of sp³-hybridized carbons (Fsp3) is 0.533. The molecule has 0 radical (unpaired) electrons. The summed E-state index contributed by atoms with van der Waals surface area (Å²) in [6, 6.07) is 5.75. The fourth-order valence-electron chi connectivity index (χ4n) is 2.80. The predicted molar refractivity (Wildman–Crippen MR) is 74.6 cm³/mol. The maximum atomic E-state index is 12.9. The summed E-state index contributed by atoms with van der Waals surface area (Å²) >= 11 is 0. The van der Waals surface area contributed by atoms with Gasteiger partial charge in [0.2, 0.25) is 0 Å². The molecule has 1 saturated heterocycles. The minimum Gasteiger partial charge on any atom is -0.480 e. The number of carbonyl (C=O) groups is 1. The van der Waals surface area contributed by atoms with E-state index in [4.69, 9.17) is 10.8 Å². The standard InChI is InChI=1S/C15H21FN2O2/c16-13-5-3-11(4-6-13)9-18-7-1-2-12(10-18)8-14(17)15(19)20/h3-6,12,14H,1-2,7-10,17H2,(H,19,20). The highest BCUT2D eigenvalue weighted by molar-refractivity contribution is 5.73. The average molecular weight is 280 g/mol. The molecule has 2 rings (SSSR count). The molecule has 0 saturated carbocycles. The molecule has 0 amide bonds. The molecule has 0 aliphatic carbocycles. The van der Waals surface area contributed by atoms with Crippen molar-refractivity contribution in [3.63, 3.8) is 0 Å². The highest BCUT2D eigenvalue weighted by atomic mass is 19.1. The number of rotatable bonds is 5. The summed E-state index contributed by atoms with van der Waals surface area (Å²) in [5.74, 6) is -0.825. The van der Waals surface area contributed by atoms with Gasteiger partial charge in [-0.3, -0.25) is 9.69 Å². The Labute approximate surface area is 118 Å². The average Bonchev–Trinajstić information content (AvgIpc) is 2.42. The number of carboxylic acids is 1. The first-order valence-corrected chi connectivity index (χ1v) is 7.00. The number of likely N-dealkylation sites (tertiary alicyclic amines) is 1. The van der Waals surface area contributed by atoms with E-state index in [-0.39, 0.29) is 5.82 Å². The molecule has 1 aliphatic heterocycles. The van der Waals surface area contributed by atoms with Crippen LogP contribution >= 0.6 is 0 Å². The van der Waals surface area contributed by atoms with Gasteiger partial charge in [-0.15, -0.1) is 0 Å². The summed E-state index contributed by atoms with van der Waals surface area (Å²) in [6.45, 7) is 2.63. The van der Waals surface area contributed by atoms with Gasteiger partial charge in [0, 0.05) is 13.1 Å². The molecule has 3 N–H and O–H groups in total. The van der Waals surface area contributed by atoms with E-state index in [9.17, 15) is 9.18 Å². The number of halogens is 1. The Kier molecular flexibility index (Phi) is 5.09. The molecule has 110 valence electrons. The van der Waals surface area contributed by atoms with Crippen LogP contribution < -0.4 is 5.73 Å². The van der Waals surface area contributed by atoms with Crippen LogP contribution in [0.15, 0.2) is 24.3 Å². The molecule has 20 heavy (non-hydrogen) atoms. The maximum Gasteiger partial charge on any atom is 0.320 e. The first kappa shape index (κ1) is 14.9. The van der Waals surface area contributed by atoms with Crippen molar-refractivity contribution in [1.29, 1.82) is 0 Å². The molecule has 0 spiro atoms. The number of hydrogen-bond donors (Lipinski definition) is 2. The molecule has 5 heteroatoms. The van der Waals surface area contributed by atoms with Crippen LogP contribution in [0.1, 0.15) is 24.8 Å². The molecule has 1 heterocycles. The molecular formula is C15H21FN2O2. The van der Waals surface area contributed by atoms with E-state index in [1.54, 1.807) is 12.1 Å². The van der Waals surface area contributed by atoms with Crippen LogP contribution in [0.5, 0.6) is 0 Å². The Morgan fingerprint density at radius 1 is 1.45 bits per heavy atom. The molecule has 1 aromatic rings. The summed E-state index contributed by atoms with van der Waals surface area (Å²) in [5.41, 5.74) is 6.68. The Morgan fingerprint density at radius 3 is 2.80 bits per heavy atom. The minimum absolute atomic E-state index is 0.224. The summed E-state index contributed by atoms with van der Waals surface area (Å²) in [6.07, 6.45) is 2.61. The van der Waals surface area contributed by atoms with Crippen molar-refractivity contribution in [3.8, 4) is 0 Å². The van der Waals surface area contributed by atoms with Gasteiger partial charge in [0.25, 0.3) is 0 Å². The number of hydrogen-bond acceptors (Lipinski definition) is 3. The van der Waals surface area contributed by atoms with Gasteiger partial charge >= 0.3 is 5.97 Å². The largest absolute Gasteiger partial charge is 0.480 e. The third-order valence-electron chi connectivity index (χ3n) is 3.83. The van der Waals surface area contributed by atoms with Gasteiger partial charge in [0.15, 0.2) is 0 Å². The third-order valence-corrected chi connectivity index (χ3v) is 3.83. The second-order valence-electron chi connectivity index (χ2n) is 5.55. The van der Waals surface area contributed by atoms with Crippen LogP contribution in [0.3, 0.4) is 0 Å². The van der Waals surface area contributed by atoms with Crippen LogP contribution in [-0.2, 0) is 11.3 Å². The van der Waals surface area contributed by atoms with Crippen molar-refractivity contribution >= 4 is 5.97 Å². The molecule has 1 fully saturated rings. The van der Waals surface area contributed by atoms with Gasteiger partial charge in [-0.05, 0) is 49.4 Å². The minimum atomic E-state index is -0.930. The number of aliphatic carboxylic acids is 1. The van der Waals surface area contributed by atoms with Crippen molar-refractivity contribution in [2.24, 2.45) is 11.7 Å². The second-order valence-corrected chi connectivity index (χ2v) is 5.55. The summed E-state index contributed by atoms with van der Waals surface area (Å²) in [4.78, 5) is 13.1. The summed E-state index contributed by atoms with van der Waals surface area (Å²) < 4.78 is 12.9. The van der Waals surface area contributed by atoms with Gasteiger partial charge in [-0.2, -0.15) is 0 Å². The van der Waals surface area contributed by atoms with Gasteiger partial charge in [-0.1, -0.05) is 12.1 Å². The van der Waals surface area contributed by atoms with Gasteiger partial charge in [0.1, 0.15) is 11.9 Å². The van der Waals surface area contributed by atoms with E-state index >= 15 is 0 Å². The number of nitrogens with zero attached hydrogens (tertiary/aromatic N) is 1. The molecule has 0 aromatic heterocycles. The monoisotopic (exact) mass is 280 g/mol. The first-order valence-electron chi connectivity index (χ1n) is 7.00. The van der Waals surface area contributed by atoms with E-state index in [2.05, 4.69) is 4.90 Å². The van der Waals surface area contributed by atoms with E-state index in [1.807, 2.05) is 0 Å².